The van der Waals surface area contributed by atoms with Crippen LogP contribution in [0.5, 0.6) is 0 Å². The molecule has 1 aromatic carbocycles. The molecule has 0 saturated carbocycles. The van der Waals surface area contributed by atoms with Crippen LogP contribution in [0.25, 0.3) is 0 Å². The summed E-state index contributed by atoms with van der Waals surface area (Å²) in [5, 5.41) is 0. The summed E-state index contributed by atoms with van der Waals surface area (Å²) in [6.07, 6.45) is 2.00. The topological polar surface area (TPSA) is 72.9 Å². The van der Waals surface area contributed by atoms with Gasteiger partial charge in [0, 0.05) is 13.0 Å². The van der Waals surface area contributed by atoms with Gasteiger partial charge in [-0.25, -0.2) is 4.79 Å². The lowest BCUT2D eigenvalue weighted by Crippen LogP contribution is -2.37. The Bertz CT molecular complexity index is 489. The van der Waals surface area contributed by atoms with Crippen LogP contribution in [-0.4, -0.2) is 42.9 Å². The summed E-state index contributed by atoms with van der Waals surface area (Å²) in [5.74, 6) is -0.473. The van der Waals surface area contributed by atoms with Crippen molar-refractivity contribution in [2.24, 2.45) is 0 Å². The van der Waals surface area contributed by atoms with Crippen LogP contribution in [0.1, 0.15) is 31.7 Å². The van der Waals surface area contributed by atoms with Gasteiger partial charge in [0.1, 0.15) is 19.4 Å². The summed E-state index contributed by atoms with van der Waals surface area (Å²) >= 11 is 0. The molecule has 23 heavy (non-hydrogen) atoms. The van der Waals surface area contributed by atoms with Crippen molar-refractivity contribution in [2.75, 3.05) is 19.7 Å². The van der Waals surface area contributed by atoms with Crippen LogP contribution in [0.2, 0.25) is 0 Å². The maximum Gasteiger partial charge on any atom is 0.410 e. The SMILES string of the molecule is CCOC(=O)CN(CCCCC=O)C(=O)OCc1ccccc1. The van der Waals surface area contributed by atoms with E-state index in [1.165, 1.54) is 4.90 Å². The molecule has 0 unspecified atom stereocenters. The number of amides is 1. The predicted octanol–water partition coefficient (Wildman–Crippen LogP) is 2.56. The lowest BCUT2D eigenvalue weighted by Gasteiger charge is -2.21. The van der Waals surface area contributed by atoms with Gasteiger partial charge in [-0.05, 0) is 25.3 Å². The average molecular weight is 321 g/mol. The van der Waals surface area contributed by atoms with Gasteiger partial charge in [-0.3, -0.25) is 9.69 Å². The van der Waals surface area contributed by atoms with Gasteiger partial charge in [0.15, 0.2) is 0 Å². The summed E-state index contributed by atoms with van der Waals surface area (Å²) in [6.45, 7) is 2.31. The van der Waals surface area contributed by atoms with Crippen LogP contribution in [-0.2, 0) is 25.7 Å². The van der Waals surface area contributed by atoms with Gasteiger partial charge < -0.3 is 14.3 Å². The van der Waals surface area contributed by atoms with E-state index in [1.54, 1.807) is 6.92 Å². The van der Waals surface area contributed by atoms with Crippen LogP contribution in [0, 0.1) is 0 Å². The molecule has 0 aliphatic carbocycles. The Morgan fingerprint density at radius 1 is 1.13 bits per heavy atom. The largest absolute Gasteiger partial charge is 0.465 e. The highest BCUT2D eigenvalue weighted by Crippen LogP contribution is 2.05. The van der Waals surface area contributed by atoms with Gasteiger partial charge in [0.05, 0.1) is 6.61 Å². The normalized spacial score (nSPS) is 9.96. The maximum absolute atomic E-state index is 12.1. The van der Waals surface area contributed by atoms with E-state index in [0.717, 1.165) is 11.8 Å². The Balaban J connectivity index is 2.51. The molecule has 1 aromatic rings. The molecule has 126 valence electrons. The molecule has 6 nitrogen and oxygen atoms in total. The van der Waals surface area contributed by atoms with E-state index in [4.69, 9.17) is 9.47 Å². The number of aldehydes is 1. The number of carbonyl (C=O) groups excluding carboxylic acids is 3. The minimum atomic E-state index is -0.562. The molecule has 6 heteroatoms. The zero-order chi connectivity index (χ0) is 16.9. The van der Waals surface area contributed by atoms with Crippen molar-refractivity contribution in [3.8, 4) is 0 Å². The minimum absolute atomic E-state index is 0.146. The van der Waals surface area contributed by atoms with Gasteiger partial charge in [-0.2, -0.15) is 0 Å². The third kappa shape index (κ3) is 7.99. The first kappa shape index (κ1) is 18.7. The van der Waals surface area contributed by atoms with Gasteiger partial charge >= 0.3 is 12.1 Å². The maximum atomic E-state index is 12.1. The van der Waals surface area contributed by atoms with E-state index in [-0.39, 0.29) is 19.8 Å². The van der Waals surface area contributed by atoms with Crippen molar-refractivity contribution < 1.29 is 23.9 Å². The Labute approximate surface area is 136 Å². The third-order valence-electron chi connectivity index (χ3n) is 3.09. The fourth-order valence-electron chi connectivity index (χ4n) is 1.94. The van der Waals surface area contributed by atoms with Gasteiger partial charge in [0.25, 0.3) is 0 Å². The summed E-state index contributed by atoms with van der Waals surface area (Å²) in [5.41, 5.74) is 0.873. The van der Waals surface area contributed by atoms with E-state index < -0.39 is 12.1 Å². The third-order valence-corrected chi connectivity index (χ3v) is 3.09. The molecule has 0 saturated heterocycles. The monoisotopic (exact) mass is 321 g/mol. The molecule has 0 bridgehead atoms. The fraction of sp³-hybridized carbons (Fsp3) is 0.471. The number of ether oxygens (including phenoxy) is 2. The van der Waals surface area contributed by atoms with Crippen LogP contribution < -0.4 is 0 Å². The lowest BCUT2D eigenvalue weighted by atomic mass is 10.2. The number of esters is 1. The van der Waals surface area contributed by atoms with Crippen LogP contribution >= 0.6 is 0 Å². The van der Waals surface area contributed by atoms with Crippen LogP contribution in [0.4, 0.5) is 4.79 Å². The smallest absolute Gasteiger partial charge is 0.410 e. The number of unbranched alkanes of at least 4 members (excludes halogenated alkanes) is 2. The highest BCUT2D eigenvalue weighted by Gasteiger charge is 2.19. The average Bonchev–Trinajstić information content (AvgIpc) is 2.56. The first-order valence-electron chi connectivity index (χ1n) is 7.72. The second-order valence-corrected chi connectivity index (χ2v) is 4.93. The summed E-state index contributed by atoms with van der Waals surface area (Å²) in [7, 11) is 0. The standard InChI is InChI=1S/C17H23NO5/c1-2-22-16(20)13-18(11-7-4-8-12-19)17(21)23-14-15-9-5-3-6-10-15/h3,5-6,9-10,12H,2,4,7-8,11,13-14H2,1H3. The first-order chi connectivity index (χ1) is 11.2. The van der Waals surface area contributed by atoms with Gasteiger partial charge in [0.2, 0.25) is 0 Å². The van der Waals surface area contributed by atoms with Crippen molar-refractivity contribution >= 4 is 18.3 Å². The van der Waals surface area contributed by atoms with Crippen molar-refractivity contribution in [1.82, 2.24) is 4.90 Å². The first-order valence-corrected chi connectivity index (χ1v) is 7.72. The molecule has 0 aromatic heterocycles. The molecule has 0 spiro atoms. The molecule has 0 aliphatic heterocycles. The molecule has 0 heterocycles. The van der Waals surface area contributed by atoms with Crippen molar-refractivity contribution in [2.45, 2.75) is 32.8 Å². The minimum Gasteiger partial charge on any atom is -0.465 e. The zero-order valence-electron chi connectivity index (χ0n) is 13.4. The molecular formula is C17H23NO5. The molecule has 1 amide bonds. The zero-order valence-corrected chi connectivity index (χ0v) is 13.4. The number of nitrogens with zero attached hydrogens (tertiary/aromatic N) is 1. The highest BCUT2D eigenvalue weighted by molar-refractivity contribution is 5.78. The Morgan fingerprint density at radius 3 is 2.52 bits per heavy atom. The van der Waals surface area contributed by atoms with Crippen molar-refractivity contribution in [3.05, 3.63) is 35.9 Å². The molecule has 0 aliphatic rings. The number of rotatable bonds is 10. The van der Waals surface area contributed by atoms with Crippen molar-refractivity contribution in [3.63, 3.8) is 0 Å². The molecule has 0 radical (unpaired) electrons. The molecule has 0 N–H and O–H groups in total. The lowest BCUT2D eigenvalue weighted by molar-refractivity contribution is -0.144. The quantitative estimate of drug-likeness (QED) is 0.376. The van der Waals surface area contributed by atoms with Gasteiger partial charge in [-0.15, -0.1) is 0 Å². The van der Waals surface area contributed by atoms with Crippen LogP contribution in [0.15, 0.2) is 30.3 Å². The van der Waals surface area contributed by atoms with E-state index in [0.29, 0.717) is 25.8 Å². The predicted molar refractivity (Wildman–Crippen MR) is 84.7 cm³/mol. The highest BCUT2D eigenvalue weighted by atomic mass is 16.6. The second kappa shape index (κ2) is 11.2. The summed E-state index contributed by atoms with van der Waals surface area (Å²) in [6, 6.07) is 9.31. The second-order valence-electron chi connectivity index (χ2n) is 4.93. The van der Waals surface area contributed by atoms with E-state index >= 15 is 0 Å². The molecule has 0 fully saturated rings. The fourth-order valence-corrected chi connectivity index (χ4v) is 1.94. The Kier molecular flexibility index (Phi) is 9.12. The number of benzene rings is 1. The molecular weight excluding hydrogens is 298 g/mol. The Morgan fingerprint density at radius 2 is 1.87 bits per heavy atom. The van der Waals surface area contributed by atoms with Gasteiger partial charge in [-0.1, -0.05) is 30.3 Å². The molecule has 1 rings (SSSR count). The number of carbonyl (C=O) groups is 3. The summed E-state index contributed by atoms with van der Waals surface area (Å²) < 4.78 is 10.1. The number of hydrogen-bond acceptors (Lipinski definition) is 5. The van der Waals surface area contributed by atoms with E-state index in [2.05, 4.69) is 0 Å². The van der Waals surface area contributed by atoms with E-state index in [9.17, 15) is 14.4 Å². The van der Waals surface area contributed by atoms with Crippen molar-refractivity contribution in [1.29, 1.82) is 0 Å². The van der Waals surface area contributed by atoms with E-state index in [1.807, 2.05) is 30.3 Å². The van der Waals surface area contributed by atoms with Crippen LogP contribution in [0.3, 0.4) is 0 Å². The molecule has 0 atom stereocenters. The Hall–Kier alpha value is -2.37. The number of hydrogen-bond donors (Lipinski definition) is 0. The summed E-state index contributed by atoms with van der Waals surface area (Å²) in [4.78, 5) is 35.4.